The highest BCUT2D eigenvalue weighted by Gasteiger charge is 2.58. The Morgan fingerprint density at radius 2 is 2.23 bits per heavy atom. The summed E-state index contributed by atoms with van der Waals surface area (Å²) in [7, 11) is 0. The zero-order chi connectivity index (χ0) is 9.05. The fourth-order valence-electron chi connectivity index (χ4n) is 1.83. The van der Waals surface area contributed by atoms with Crippen LogP contribution in [0.3, 0.4) is 0 Å². The molecule has 1 aromatic rings. The molecular formula is C8H6ClN3O. The molecule has 0 atom stereocenters. The molecule has 5 heteroatoms. The number of amides is 1. The van der Waals surface area contributed by atoms with Crippen LogP contribution in [0.15, 0.2) is 6.33 Å². The van der Waals surface area contributed by atoms with E-state index in [2.05, 4.69) is 15.3 Å². The lowest BCUT2D eigenvalue weighted by atomic mass is 10.0. The molecule has 0 bridgehead atoms. The summed E-state index contributed by atoms with van der Waals surface area (Å²) in [5.41, 5.74) is 0.412. The van der Waals surface area contributed by atoms with Crippen molar-refractivity contribution in [3.63, 3.8) is 0 Å². The van der Waals surface area contributed by atoms with E-state index in [4.69, 9.17) is 11.6 Å². The number of hydrogen-bond acceptors (Lipinski definition) is 3. The fraction of sp³-hybridized carbons (Fsp3) is 0.375. The first-order valence-corrected chi connectivity index (χ1v) is 4.44. The predicted molar refractivity (Wildman–Crippen MR) is 46.6 cm³/mol. The van der Waals surface area contributed by atoms with Gasteiger partial charge in [-0.25, -0.2) is 9.97 Å². The van der Waals surface area contributed by atoms with Gasteiger partial charge < -0.3 is 5.32 Å². The molecule has 3 rings (SSSR count). The third-order valence-corrected chi connectivity index (χ3v) is 2.98. The number of carbonyl (C=O) groups is 1. The number of fused-ring (bicyclic) bond motifs is 2. The maximum absolute atomic E-state index is 11.5. The topological polar surface area (TPSA) is 54.9 Å². The van der Waals surface area contributed by atoms with Crippen molar-refractivity contribution in [3.8, 4) is 0 Å². The molecule has 1 fully saturated rings. The average molecular weight is 196 g/mol. The molecule has 1 amide bonds. The number of nitrogens with one attached hydrogen (secondary N) is 1. The molecule has 4 nitrogen and oxygen atoms in total. The molecule has 0 unspecified atom stereocenters. The molecule has 1 aliphatic carbocycles. The van der Waals surface area contributed by atoms with E-state index in [9.17, 15) is 4.79 Å². The summed E-state index contributed by atoms with van der Waals surface area (Å²) < 4.78 is 0. The maximum atomic E-state index is 11.5. The van der Waals surface area contributed by atoms with Gasteiger partial charge in [0.05, 0.1) is 5.41 Å². The minimum Gasteiger partial charge on any atom is -0.310 e. The van der Waals surface area contributed by atoms with Gasteiger partial charge in [-0.15, -0.1) is 0 Å². The smallest absolute Gasteiger partial charge is 0.236 e. The first-order chi connectivity index (χ1) is 6.24. The van der Waals surface area contributed by atoms with Gasteiger partial charge in [-0.2, -0.15) is 0 Å². The minimum absolute atomic E-state index is 0.0184. The zero-order valence-electron chi connectivity index (χ0n) is 6.67. The normalized spacial score (nSPS) is 21.5. The van der Waals surface area contributed by atoms with E-state index in [-0.39, 0.29) is 11.3 Å². The van der Waals surface area contributed by atoms with Gasteiger partial charge >= 0.3 is 0 Å². The summed E-state index contributed by atoms with van der Waals surface area (Å²) >= 11 is 5.92. The van der Waals surface area contributed by atoms with Crippen molar-refractivity contribution in [1.29, 1.82) is 0 Å². The van der Waals surface area contributed by atoms with Crippen molar-refractivity contribution < 1.29 is 4.79 Å². The quantitative estimate of drug-likeness (QED) is 0.631. The van der Waals surface area contributed by atoms with Crippen LogP contribution in [-0.2, 0) is 10.2 Å². The fourth-order valence-corrected chi connectivity index (χ4v) is 2.14. The highest BCUT2D eigenvalue weighted by Crippen LogP contribution is 2.56. The lowest BCUT2D eigenvalue weighted by molar-refractivity contribution is -0.117. The second-order valence-corrected chi connectivity index (χ2v) is 3.78. The summed E-state index contributed by atoms with van der Waals surface area (Å²) in [5, 5.41) is 3.12. The van der Waals surface area contributed by atoms with Crippen molar-refractivity contribution in [2.45, 2.75) is 18.3 Å². The predicted octanol–water partition coefficient (Wildman–Crippen LogP) is 1.11. The van der Waals surface area contributed by atoms with E-state index in [0.29, 0.717) is 11.0 Å². The van der Waals surface area contributed by atoms with E-state index < -0.39 is 0 Å². The Morgan fingerprint density at radius 1 is 1.46 bits per heavy atom. The van der Waals surface area contributed by atoms with Crippen molar-refractivity contribution in [1.82, 2.24) is 9.97 Å². The Morgan fingerprint density at radius 3 is 2.92 bits per heavy atom. The summed E-state index contributed by atoms with van der Waals surface area (Å²) in [6.07, 6.45) is 3.08. The van der Waals surface area contributed by atoms with Crippen LogP contribution in [0.1, 0.15) is 18.4 Å². The first kappa shape index (κ1) is 7.26. The Hall–Kier alpha value is -1.16. The highest BCUT2D eigenvalue weighted by atomic mass is 35.5. The van der Waals surface area contributed by atoms with Gasteiger partial charge in [-0.3, -0.25) is 4.79 Å². The molecule has 1 N–H and O–H groups in total. The van der Waals surface area contributed by atoms with Crippen LogP contribution in [0, 0.1) is 0 Å². The average Bonchev–Trinajstić information content (AvgIpc) is 2.79. The van der Waals surface area contributed by atoms with Crippen LogP contribution in [0.4, 0.5) is 5.82 Å². The molecule has 13 heavy (non-hydrogen) atoms. The van der Waals surface area contributed by atoms with Gasteiger partial charge in [0.1, 0.15) is 17.3 Å². The van der Waals surface area contributed by atoms with Crippen LogP contribution in [0.2, 0.25) is 5.15 Å². The second kappa shape index (κ2) is 2.01. The molecular weight excluding hydrogens is 190 g/mol. The molecule has 0 saturated heterocycles. The largest absolute Gasteiger partial charge is 0.310 e. The van der Waals surface area contributed by atoms with E-state index in [1.54, 1.807) is 0 Å². The van der Waals surface area contributed by atoms with E-state index in [1.165, 1.54) is 6.33 Å². The molecule has 1 spiro atoms. The molecule has 1 aromatic heterocycles. The Kier molecular flexibility index (Phi) is 1.12. The summed E-state index contributed by atoms with van der Waals surface area (Å²) in [6.45, 7) is 0. The Bertz CT molecular complexity index is 414. The third-order valence-electron chi connectivity index (χ3n) is 2.70. The summed E-state index contributed by atoms with van der Waals surface area (Å²) in [5.74, 6) is 0.604. The Labute approximate surface area is 79.3 Å². The van der Waals surface area contributed by atoms with E-state index in [0.717, 1.165) is 18.4 Å². The van der Waals surface area contributed by atoms with Crippen LogP contribution in [-0.4, -0.2) is 15.9 Å². The standard InChI is InChI=1S/C8H6ClN3O/c9-5-4-6(11-3-10-5)12-7(13)8(4)1-2-8/h3H,1-2H2,(H,10,11,12,13). The van der Waals surface area contributed by atoms with Crippen LogP contribution < -0.4 is 5.32 Å². The molecule has 0 aromatic carbocycles. The zero-order valence-corrected chi connectivity index (χ0v) is 7.43. The van der Waals surface area contributed by atoms with E-state index in [1.807, 2.05) is 0 Å². The molecule has 1 saturated carbocycles. The van der Waals surface area contributed by atoms with Gasteiger partial charge in [0, 0.05) is 5.56 Å². The van der Waals surface area contributed by atoms with Crippen molar-refractivity contribution in [2.24, 2.45) is 0 Å². The number of anilines is 1. The molecule has 66 valence electrons. The number of aromatic nitrogens is 2. The van der Waals surface area contributed by atoms with Crippen molar-refractivity contribution in [2.75, 3.05) is 5.32 Å². The Balaban J connectivity index is 2.30. The maximum Gasteiger partial charge on any atom is 0.236 e. The molecule has 2 heterocycles. The number of halogens is 1. The SMILES string of the molecule is O=C1Nc2ncnc(Cl)c2C12CC2. The van der Waals surface area contributed by atoms with Crippen molar-refractivity contribution in [3.05, 3.63) is 17.0 Å². The monoisotopic (exact) mass is 195 g/mol. The summed E-state index contributed by atoms with van der Waals surface area (Å²) in [4.78, 5) is 19.4. The highest BCUT2D eigenvalue weighted by molar-refractivity contribution is 6.32. The van der Waals surface area contributed by atoms with E-state index >= 15 is 0 Å². The van der Waals surface area contributed by atoms with Crippen molar-refractivity contribution >= 4 is 23.3 Å². The number of rotatable bonds is 0. The molecule has 0 radical (unpaired) electrons. The lowest BCUT2D eigenvalue weighted by Gasteiger charge is -2.03. The van der Waals surface area contributed by atoms with Gasteiger partial charge in [-0.1, -0.05) is 11.6 Å². The van der Waals surface area contributed by atoms with Gasteiger partial charge in [0.25, 0.3) is 0 Å². The second-order valence-electron chi connectivity index (χ2n) is 3.42. The number of carbonyl (C=O) groups excluding carboxylic acids is 1. The molecule has 1 aliphatic heterocycles. The third kappa shape index (κ3) is 0.740. The van der Waals surface area contributed by atoms with Gasteiger partial charge in [-0.05, 0) is 12.8 Å². The van der Waals surface area contributed by atoms with Crippen LogP contribution in [0.5, 0.6) is 0 Å². The molecule has 2 aliphatic rings. The van der Waals surface area contributed by atoms with Crippen LogP contribution in [0.25, 0.3) is 0 Å². The minimum atomic E-state index is -0.381. The first-order valence-electron chi connectivity index (χ1n) is 4.06. The van der Waals surface area contributed by atoms with Gasteiger partial charge in [0.15, 0.2) is 0 Å². The lowest BCUT2D eigenvalue weighted by Crippen LogP contribution is -2.18. The van der Waals surface area contributed by atoms with Crippen LogP contribution >= 0.6 is 11.6 Å². The number of nitrogens with zero attached hydrogens (tertiary/aromatic N) is 2. The summed E-state index contributed by atoms with van der Waals surface area (Å²) in [6, 6.07) is 0. The van der Waals surface area contributed by atoms with Gasteiger partial charge in [0.2, 0.25) is 5.91 Å². The number of hydrogen-bond donors (Lipinski definition) is 1.